The van der Waals surface area contributed by atoms with Crippen LogP contribution in [0.3, 0.4) is 0 Å². The molecule has 37 heavy (non-hydrogen) atoms. The summed E-state index contributed by atoms with van der Waals surface area (Å²) in [5.41, 5.74) is 5.82. The molecule has 2 aromatic carbocycles. The first-order valence-corrected chi connectivity index (χ1v) is 11.7. The number of ether oxygens (including phenoxy) is 1. The first-order chi connectivity index (χ1) is 18.1. The van der Waals surface area contributed by atoms with Crippen molar-refractivity contribution < 1.29 is 9.26 Å². The molecule has 0 atom stereocenters. The van der Waals surface area contributed by atoms with E-state index in [0.29, 0.717) is 16.5 Å². The second-order valence-corrected chi connectivity index (χ2v) is 8.72. The van der Waals surface area contributed by atoms with E-state index in [1.807, 2.05) is 54.6 Å². The van der Waals surface area contributed by atoms with Gasteiger partial charge in [0.25, 0.3) is 0 Å². The Labute approximate surface area is 215 Å². The van der Waals surface area contributed by atoms with Gasteiger partial charge in [0.1, 0.15) is 12.0 Å². The minimum atomic E-state index is -0.346. The van der Waals surface area contributed by atoms with E-state index in [4.69, 9.17) is 26.0 Å². The predicted octanol–water partition coefficient (Wildman–Crippen LogP) is 4.99. The number of halogens is 1. The fourth-order valence-electron chi connectivity index (χ4n) is 4.16. The highest BCUT2D eigenvalue weighted by Gasteiger charge is 2.19. The molecule has 0 radical (unpaired) electrons. The molecule has 0 N–H and O–H groups in total. The van der Waals surface area contributed by atoms with Gasteiger partial charge in [0.15, 0.2) is 5.65 Å². The van der Waals surface area contributed by atoms with Crippen molar-refractivity contribution in [2.24, 2.45) is 0 Å². The van der Waals surface area contributed by atoms with Crippen molar-refractivity contribution in [2.45, 2.75) is 6.54 Å². The van der Waals surface area contributed by atoms with E-state index >= 15 is 0 Å². The van der Waals surface area contributed by atoms with E-state index in [9.17, 15) is 4.79 Å². The standard InChI is InChI=1S/C27H19ClN6O3/c1-36-24-11-8-20(14-29-24)25-22(18-6-9-21(28)10-7-18)15-30-34-26(25)31-33(27(34)35)16-17-2-4-19(5-3-17)23-12-13-37-32-23/h2-15H,16H2,1H3. The summed E-state index contributed by atoms with van der Waals surface area (Å²) in [5, 5.41) is 13.7. The first-order valence-electron chi connectivity index (χ1n) is 11.4. The second-order valence-electron chi connectivity index (χ2n) is 8.29. The summed E-state index contributed by atoms with van der Waals surface area (Å²) in [6, 6.07) is 20.6. The van der Waals surface area contributed by atoms with Crippen molar-refractivity contribution in [3.63, 3.8) is 0 Å². The summed E-state index contributed by atoms with van der Waals surface area (Å²) in [7, 11) is 1.56. The highest BCUT2D eigenvalue weighted by molar-refractivity contribution is 6.30. The highest BCUT2D eigenvalue weighted by atomic mass is 35.5. The van der Waals surface area contributed by atoms with Gasteiger partial charge in [-0.25, -0.2) is 14.5 Å². The van der Waals surface area contributed by atoms with Crippen LogP contribution in [0.2, 0.25) is 5.02 Å². The number of benzene rings is 2. The number of pyridine rings is 1. The van der Waals surface area contributed by atoms with Crippen LogP contribution in [-0.4, -0.2) is 36.6 Å². The van der Waals surface area contributed by atoms with Gasteiger partial charge in [-0.15, -0.1) is 5.10 Å². The van der Waals surface area contributed by atoms with Gasteiger partial charge in [0.2, 0.25) is 5.88 Å². The van der Waals surface area contributed by atoms with E-state index in [1.165, 1.54) is 15.5 Å². The van der Waals surface area contributed by atoms with Gasteiger partial charge in [0, 0.05) is 45.6 Å². The second kappa shape index (κ2) is 9.36. The van der Waals surface area contributed by atoms with E-state index in [2.05, 4.69) is 15.2 Å². The van der Waals surface area contributed by atoms with Crippen LogP contribution in [0.25, 0.3) is 39.2 Å². The van der Waals surface area contributed by atoms with Crippen molar-refractivity contribution in [2.75, 3.05) is 7.11 Å². The first kappa shape index (κ1) is 22.7. The molecule has 9 nitrogen and oxygen atoms in total. The number of hydrogen-bond acceptors (Lipinski definition) is 7. The molecule has 0 bridgehead atoms. The molecule has 0 fully saturated rings. The lowest BCUT2D eigenvalue weighted by Crippen LogP contribution is -2.22. The molecule has 0 aliphatic heterocycles. The fourth-order valence-corrected chi connectivity index (χ4v) is 4.29. The summed E-state index contributed by atoms with van der Waals surface area (Å²) in [5.74, 6) is 0.485. The molecule has 6 rings (SSSR count). The monoisotopic (exact) mass is 510 g/mol. The van der Waals surface area contributed by atoms with E-state index in [-0.39, 0.29) is 12.2 Å². The topological polar surface area (TPSA) is 100 Å². The number of rotatable bonds is 6. The fraction of sp³-hybridized carbons (Fsp3) is 0.0741. The van der Waals surface area contributed by atoms with Gasteiger partial charge in [-0.05, 0) is 29.3 Å². The van der Waals surface area contributed by atoms with Crippen molar-refractivity contribution >= 4 is 17.2 Å². The Kier molecular flexibility index (Phi) is 5.74. The van der Waals surface area contributed by atoms with Crippen molar-refractivity contribution in [3.8, 4) is 39.4 Å². The maximum atomic E-state index is 13.3. The normalized spacial score (nSPS) is 11.2. The summed E-state index contributed by atoms with van der Waals surface area (Å²) < 4.78 is 12.8. The minimum Gasteiger partial charge on any atom is -0.481 e. The Morgan fingerprint density at radius 1 is 0.919 bits per heavy atom. The molecule has 0 aliphatic rings. The van der Waals surface area contributed by atoms with Gasteiger partial charge in [-0.2, -0.15) is 9.61 Å². The lowest BCUT2D eigenvalue weighted by molar-refractivity contribution is 0.398. The Balaban J connectivity index is 1.46. The van der Waals surface area contributed by atoms with Crippen LogP contribution >= 0.6 is 11.6 Å². The van der Waals surface area contributed by atoms with Crippen LogP contribution in [0.1, 0.15) is 5.56 Å². The van der Waals surface area contributed by atoms with Crippen LogP contribution in [0, 0.1) is 0 Å². The average molecular weight is 511 g/mol. The number of fused-ring (bicyclic) bond motifs is 1. The number of aromatic nitrogens is 6. The largest absolute Gasteiger partial charge is 0.481 e. The maximum absolute atomic E-state index is 13.3. The van der Waals surface area contributed by atoms with E-state index < -0.39 is 0 Å². The minimum absolute atomic E-state index is 0.276. The number of nitrogens with zero attached hydrogens (tertiary/aromatic N) is 6. The Bertz CT molecular complexity index is 1740. The summed E-state index contributed by atoms with van der Waals surface area (Å²) in [6.45, 7) is 0.276. The third kappa shape index (κ3) is 4.25. The number of methoxy groups -OCH3 is 1. The van der Waals surface area contributed by atoms with Crippen LogP contribution in [-0.2, 0) is 6.54 Å². The zero-order chi connectivity index (χ0) is 25.4. The molecule has 4 heterocycles. The van der Waals surface area contributed by atoms with Gasteiger partial charge < -0.3 is 9.26 Å². The molecule has 0 saturated heterocycles. The molecule has 0 spiro atoms. The average Bonchev–Trinajstić information content (AvgIpc) is 3.58. The SMILES string of the molecule is COc1ccc(-c2c(-c3ccc(Cl)cc3)cnn3c(=O)n(Cc4ccc(-c5ccon5)cc4)nc23)cn1. The van der Waals surface area contributed by atoms with Gasteiger partial charge in [0.05, 0.1) is 19.9 Å². The molecule has 0 unspecified atom stereocenters. The quantitative estimate of drug-likeness (QED) is 0.311. The van der Waals surface area contributed by atoms with Crippen LogP contribution in [0.4, 0.5) is 0 Å². The van der Waals surface area contributed by atoms with Crippen LogP contribution in [0.5, 0.6) is 5.88 Å². The molecule has 0 aliphatic carbocycles. The van der Waals surface area contributed by atoms with Crippen LogP contribution in [0.15, 0.2) is 94.7 Å². The third-order valence-corrected chi connectivity index (χ3v) is 6.27. The Hall–Kier alpha value is -4.76. The summed E-state index contributed by atoms with van der Waals surface area (Å²) >= 11 is 6.12. The maximum Gasteiger partial charge on any atom is 0.367 e. The van der Waals surface area contributed by atoms with E-state index in [0.717, 1.165) is 39.1 Å². The number of hydrogen-bond donors (Lipinski definition) is 0. The molecular formula is C27H19ClN6O3. The summed E-state index contributed by atoms with van der Waals surface area (Å²) in [4.78, 5) is 17.6. The molecule has 0 amide bonds. The van der Waals surface area contributed by atoms with Crippen molar-refractivity contribution in [3.05, 3.63) is 106 Å². The lowest BCUT2D eigenvalue weighted by atomic mass is 9.98. The lowest BCUT2D eigenvalue weighted by Gasteiger charge is -2.11. The predicted molar refractivity (Wildman–Crippen MR) is 139 cm³/mol. The Morgan fingerprint density at radius 3 is 2.35 bits per heavy atom. The molecule has 6 aromatic rings. The zero-order valence-electron chi connectivity index (χ0n) is 19.6. The highest BCUT2D eigenvalue weighted by Crippen LogP contribution is 2.34. The van der Waals surface area contributed by atoms with E-state index in [1.54, 1.807) is 31.6 Å². The molecule has 10 heteroatoms. The summed E-state index contributed by atoms with van der Waals surface area (Å²) in [6.07, 6.45) is 4.89. The van der Waals surface area contributed by atoms with Crippen molar-refractivity contribution in [1.29, 1.82) is 0 Å². The zero-order valence-corrected chi connectivity index (χ0v) is 20.3. The smallest absolute Gasteiger partial charge is 0.367 e. The molecule has 4 aromatic heterocycles. The van der Waals surface area contributed by atoms with Gasteiger partial charge in [-0.1, -0.05) is 53.2 Å². The molecule has 0 saturated carbocycles. The van der Waals surface area contributed by atoms with Gasteiger partial charge >= 0.3 is 5.69 Å². The van der Waals surface area contributed by atoms with Gasteiger partial charge in [-0.3, -0.25) is 0 Å². The van der Waals surface area contributed by atoms with Crippen LogP contribution < -0.4 is 10.4 Å². The molecule has 182 valence electrons. The molecular weight excluding hydrogens is 492 g/mol. The van der Waals surface area contributed by atoms with Crippen molar-refractivity contribution in [1.82, 2.24) is 29.5 Å². The Morgan fingerprint density at radius 2 is 1.68 bits per heavy atom. The third-order valence-electron chi connectivity index (χ3n) is 6.02.